The van der Waals surface area contributed by atoms with Crippen molar-refractivity contribution in [1.29, 1.82) is 0 Å². The van der Waals surface area contributed by atoms with Crippen molar-refractivity contribution in [2.45, 2.75) is 63.0 Å². The van der Waals surface area contributed by atoms with Gasteiger partial charge in [0.2, 0.25) is 5.91 Å². The van der Waals surface area contributed by atoms with Crippen LogP contribution in [0, 0.1) is 5.92 Å². The molecule has 2 fully saturated rings. The zero-order valence-electron chi connectivity index (χ0n) is 22.2. The first kappa shape index (κ1) is 29.4. The maximum Gasteiger partial charge on any atom is 0.416 e. The number of likely N-dealkylation sites (tertiary alicyclic amines) is 1. The molecule has 2 aliphatic rings. The fourth-order valence-electron chi connectivity index (χ4n) is 5.49. The Kier molecular flexibility index (Phi) is 8.66. The molecule has 39 heavy (non-hydrogen) atoms. The number of rotatable bonds is 9. The molecule has 2 aromatic rings. The van der Waals surface area contributed by atoms with Gasteiger partial charge in [0.05, 0.1) is 11.1 Å². The zero-order chi connectivity index (χ0) is 28.4. The summed E-state index contributed by atoms with van der Waals surface area (Å²) in [5.74, 6) is 0.457. The van der Waals surface area contributed by atoms with Crippen molar-refractivity contribution in [2.24, 2.45) is 5.92 Å². The number of halogens is 6. The Morgan fingerprint density at radius 1 is 0.897 bits per heavy atom. The fraction of sp³-hybridized carbons (Fsp3) is 0.552. The van der Waals surface area contributed by atoms with Crippen LogP contribution in [0.1, 0.15) is 54.9 Å². The molecule has 1 heterocycles. The Morgan fingerprint density at radius 2 is 1.46 bits per heavy atom. The monoisotopic (exact) mass is 555 g/mol. The van der Waals surface area contributed by atoms with Crippen molar-refractivity contribution >= 4 is 5.91 Å². The molecule has 1 unspecified atom stereocenters. The molecule has 2 aromatic carbocycles. The second kappa shape index (κ2) is 11.5. The van der Waals surface area contributed by atoms with Crippen molar-refractivity contribution in [3.63, 3.8) is 0 Å². The Balaban J connectivity index is 1.46. The largest absolute Gasteiger partial charge is 0.416 e. The lowest BCUT2D eigenvalue weighted by atomic mass is 9.86. The van der Waals surface area contributed by atoms with Gasteiger partial charge in [0, 0.05) is 32.2 Å². The highest BCUT2D eigenvalue weighted by Gasteiger charge is 2.43. The number of benzene rings is 2. The quantitative estimate of drug-likeness (QED) is 0.380. The van der Waals surface area contributed by atoms with Crippen molar-refractivity contribution in [3.05, 3.63) is 70.8 Å². The first-order chi connectivity index (χ1) is 18.3. The minimum absolute atomic E-state index is 0.0968. The van der Waals surface area contributed by atoms with Gasteiger partial charge in [-0.1, -0.05) is 30.3 Å². The number of carbonyl (C=O) groups is 1. The van der Waals surface area contributed by atoms with Crippen LogP contribution in [0.25, 0.3) is 0 Å². The summed E-state index contributed by atoms with van der Waals surface area (Å²) in [6.07, 6.45) is -5.61. The molecule has 10 heteroatoms. The van der Waals surface area contributed by atoms with E-state index in [2.05, 4.69) is 22.2 Å². The van der Waals surface area contributed by atoms with Crippen molar-refractivity contribution in [2.75, 3.05) is 33.2 Å². The van der Waals surface area contributed by atoms with Crippen molar-refractivity contribution in [1.82, 2.24) is 15.1 Å². The van der Waals surface area contributed by atoms with E-state index in [0.717, 1.165) is 30.9 Å². The second-order valence-electron chi connectivity index (χ2n) is 11.0. The molecule has 1 aliphatic heterocycles. The molecular weight excluding hydrogens is 520 g/mol. The van der Waals surface area contributed by atoms with Crippen LogP contribution in [0.3, 0.4) is 0 Å². The van der Waals surface area contributed by atoms with Gasteiger partial charge in [-0.2, -0.15) is 26.3 Å². The van der Waals surface area contributed by atoms with E-state index in [0.29, 0.717) is 31.3 Å². The molecule has 1 atom stereocenters. The normalized spacial score (nSPS) is 19.2. The molecule has 1 aliphatic carbocycles. The fourth-order valence-corrected chi connectivity index (χ4v) is 5.49. The third kappa shape index (κ3) is 7.14. The Morgan fingerprint density at radius 3 is 1.97 bits per heavy atom. The first-order valence-electron chi connectivity index (χ1n) is 13.4. The summed E-state index contributed by atoms with van der Waals surface area (Å²) in [7, 11) is 2.15. The van der Waals surface area contributed by atoms with E-state index in [4.69, 9.17) is 0 Å². The standard InChI is InChI=1S/C29H35F6N3O/c1-27(22-6-4-3-5-7-22,38-14-11-25(12-15-38)37(2)19-20-8-9-20)26(39)36-13-10-21-16-23(28(30,31)32)18-24(17-21)29(33,34)35/h3-7,16-18,20,25H,8-15,19H2,1-2H3,(H,36,39). The van der Waals surface area contributed by atoms with Crippen LogP contribution in [-0.2, 0) is 29.1 Å². The van der Waals surface area contributed by atoms with Gasteiger partial charge >= 0.3 is 12.4 Å². The van der Waals surface area contributed by atoms with E-state index < -0.39 is 29.0 Å². The Hall–Kier alpha value is -2.59. The molecule has 0 bridgehead atoms. The summed E-state index contributed by atoms with van der Waals surface area (Å²) in [6.45, 7) is 4.22. The molecule has 214 valence electrons. The summed E-state index contributed by atoms with van der Waals surface area (Å²) in [5.41, 5.74) is -3.11. The third-order valence-corrected chi connectivity index (χ3v) is 8.09. The van der Waals surface area contributed by atoms with E-state index in [-0.39, 0.29) is 30.5 Å². The van der Waals surface area contributed by atoms with Crippen LogP contribution in [0.5, 0.6) is 0 Å². The van der Waals surface area contributed by atoms with Crippen LogP contribution in [0.2, 0.25) is 0 Å². The number of hydrogen-bond donors (Lipinski definition) is 1. The number of alkyl halides is 6. The van der Waals surface area contributed by atoms with Gasteiger partial charge in [0.15, 0.2) is 0 Å². The first-order valence-corrected chi connectivity index (χ1v) is 13.4. The van der Waals surface area contributed by atoms with E-state index >= 15 is 0 Å². The third-order valence-electron chi connectivity index (χ3n) is 8.09. The molecule has 1 saturated heterocycles. The molecule has 0 aromatic heterocycles. The van der Waals surface area contributed by atoms with E-state index in [9.17, 15) is 31.1 Å². The summed E-state index contributed by atoms with van der Waals surface area (Å²) >= 11 is 0. The van der Waals surface area contributed by atoms with E-state index in [1.807, 2.05) is 37.3 Å². The number of amides is 1. The van der Waals surface area contributed by atoms with Crippen LogP contribution in [0.4, 0.5) is 26.3 Å². The highest BCUT2D eigenvalue weighted by molar-refractivity contribution is 5.87. The summed E-state index contributed by atoms with van der Waals surface area (Å²) < 4.78 is 79.4. The molecule has 4 rings (SSSR count). The van der Waals surface area contributed by atoms with Crippen LogP contribution >= 0.6 is 0 Å². The minimum Gasteiger partial charge on any atom is -0.354 e. The van der Waals surface area contributed by atoms with Crippen LogP contribution in [-0.4, -0.2) is 55.0 Å². The van der Waals surface area contributed by atoms with Crippen LogP contribution in [0.15, 0.2) is 48.5 Å². The lowest BCUT2D eigenvalue weighted by Crippen LogP contribution is -2.58. The zero-order valence-corrected chi connectivity index (χ0v) is 22.2. The average Bonchev–Trinajstić information content (AvgIpc) is 3.71. The second-order valence-corrected chi connectivity index (χ2v) is 11.0. The Bertz CT molecular complexity index is 1090. The Labute approximate surface area is 225 Å². The smallest absolute Gasteiger partial charge is 0.354 e. The molecule has 4 nitrogen and oxygen atoms in total. The van der Waals surface area contributed by atoms with Crippen molar-refractivity contribution in [3.8, 4) is 0 Å². The maximum atomic E-state index is 13.7. The summed E-state index contributed by atoms with van der Waals surface area (Å²) in [6, 6.07) is 11.2. The average molecular weight is 556 g/mol. The number of nitrogens with zero attached hydrogens (tertiary/aromatic N) is 2. The molecule has 1 N–H and O–H groups in total. The summed E-state index contributed by atoms with van der Waals surface area (Å²) in [4.78, 5) is 18.2. The topological polar surface area (TPSA) is 35.6 Å². The van der Waals surface area contributed by atoms with E-state index in [1.165, 1.54) is 12.8 Å². The predicted octanol–water partition coefficient (Wildman–Crippen LogP) is 6.10. The SMILES string of the molecule is CN(CC1CC1)C1CCN(C(C)(C(=O)NCCc2cc(C(F)(F)F)cc(C(F)(F)F)c2)c2ccccc2)CC1. The minimum atomic E-state index is -4.91. The molecule has 1 amide bonds. The molecule has 0 spiro atoms. The number of carbonyl (C=O) groups excluding carboxylic acids is 1. The van der Waals surface area contributed by atoms with Crippen LogP contribution < -0.4 is 5.32 Å². The van der Waals surface area contributed by atoms with Gasteiger partial charge < -0.3 is 10.2 Å². The lowest BCUT2D eigenvalue weighted by Gasteiger charge is -2.45. The van der Waals surface area contributed by atoms with Gasteiger partial charge in [-0.3, -0.25) is 9.69 Å². The lowest BCUT2D eigenvalue weighted by molar-refractivity contribution is -0.143. The maximum absolute atomic E-state index is 13.7. The van der Waals surface area contributed by atoms with Gasteiger partial charge in [-0.05, 0) is 81.3 Å². The van der Waals surface area contributed by atoms with Crippen molar-refractivity contribution < 1.29 is 31.1 Å². The molecule has 0 radical (unpaired) electrons. The molecular formula is C29H35F6N3O. The van der Waals surface area contributed by atoms with Gasteiger partial charge in [-0.25, -0.2) is 0 Å². The van der Waals surface area contributed by atoms with Gasteiger partial charge in [0.25, 0.3) is 0 Å². The number of hydrogen-bond acceptors (Lipinski definition) is 3. The van der Waals surface area contributed by atoms with E-state index in [1.54, 1.807) is 0 Å². The van der Waals surface area contributed by atoms with Gasteiger partial charge in [-0.15, -0.1) is 0 Å². The number of nitrogens with one attached hydrogen (secondary N) is 1. The number of piperidine rings is 1. The summed E-state index contributed by atoms with van der Waals surface area (Å²) in [5, 5.41) is 2.80. The highest BCUT2D eigenvalue weighted by Crippen LogP contribution is 2.37. The predicted molar refractivity (Wildman–Crippen MR) is 137 cm³/mol. The highest BCUT2D eigenvalue weighted by atomic mass is 19.4. The van der Waals surface area contributed by atoms with Gasteiger partial charge in [0.1, 0.15) is 5.54 Å². The molecule has 1 saturated carbocycles.